The van der Waals surface area contributed by atoms with Crippen LogP contribution >= 0.6 is 0 Å². The van der Waals surface area contributed by atoms with Gasteiger partial charge >= 0.3 is 0 Å². The van der Waals surface area contributed by atoms with Crippen molar-refractivity contribution in [3.63, 3.8) is 0 Å². The molecule has 0 radical (unpaired) electrons. The van der Waals surface area contributed by atoms with Crippen molar-refractivity contribution in [1.82, 2.24) is 0 Å². The van der Waals surface area contributed by atoms with Crippen LogP contribution in [0, 0.1) is 0 Å². The minimum Gasteiger partial charge on any atom is -0.392 e. The maximum Gasteiger partial charge on any atom is 0.0641 e. The predicted octanol–water partition coefficient (Wildman–Crippen LogP) is 3.68. The van der Waals surface area contributed by atoms with Gasteiger partial charge in [0.05, 0.1) is 6.61 Å². The zero-order valence-corrected chi connectivity index (χ0v) is 9.18. The standard InChI is InChI=1S/C12H24O/c1-3-5-7-8-10-12(11-13)9-6-4-2/h10,13H,3-9,11H2,1-2H3. The number of aliphatic hydroxyl groups excluding tert-OH is 1. The van der Waals surface area contributed by atoms with Crippen molar-refractivity contribution in [3.8, 4) is 0 Å². The van der Waals surface area contributed by atoms with Gasteiger partial charge < -0.3 is 5.11 Å². The molecule has 0 saturated carbocycles. The third kappa shape index (κ3) is 8.04. The van der Waals surface area contributed by atoms with E-state index in [4.69, 9.17) is 5.11 Å². The van der Waals surface area contributed by atoms with Gasteiger partial charge in [0.25, 0.3) is 0 Å². The number of hydrogen-bond donors (Lipinski definition) is 1. The average molecular weight is 184 g/mol. The maximum absolute atomic E-state index is 9.04. The van der Waals surface area contributed by atoms with Gasteiger partial charge in [-0.1, -0.05) is 39.2 Å². The highest BCUT2D eigenvalue weighted by Gasteiger charge is 1.94. The Morgan fingerprint density at radius 3 is 2.31 bits per heavy atom. The van der Waals surface area contributed by atoms with E-state index in [1.807, 2.05) is 0 Å². The Kier molecular flexibility index (Phi) is 9.56. The number of unbranched alkanes of at least 4 members (excludes halogenated alkanes) is 4. The van der Waals surface area contributed by atoms with Gasteiger partial charge in [-0.15, -0.1) is 0 Å². The van der Waals surface area contributed by atoms with Gasteiger partial charge in [-0.2, -0.15) is 0 Å². The summed E-state index contributed by atoms with van der Waals surface area (Å²) in [5.41, 5.74) is 1.23. The van der Waals surface area contributed by atoms with Crippen LogP contribution in [-0.4, -0.2) is 11.7 Å². The van der Waals surface area contributed by atoms with Crippen LogP contribution in [0.2, 0.25) is 0 Å². The highest BCUT2D eigenvalue weighted by molar-refractivity contribution is 5.01. The van der Waals surface area contributed by atoms with Crippen molar-refractivity contribution in [3.05, 3.63) is 11.6 Å². The second-order valence-electron chi connectivity index (χ2n) is 3.62. The molecule has 0 aliphatic rings. The van der Waals surface area contributed by atoms with Crippen molar-refractivity contribution in [2.75, 3.05) is 6.61 Å². The van der Waals surface area contributed by atoms with E-state index in [1.54, 1.807) is 0 Å². The molecule has 0 aromatic carbocycles. The molecule has 0 bridgehead atoms. The van der Waals surface area contributed by atoms with Gasteiger partial charge in [0.1, 0.15) is 0 Å². The number of aliphatic hydroxyl groups is 1. The molecule has 0 spiro atoms. The molecule has 1 N–H and O–H groups in total. The second kappa shape index (κ2) is 9.79. The first-order valence-electron chi connectivity index (χ1n) is 5.63. The van der Waals surface area contributed by atoms with Crippen LogP contribution in [0.5, 0.6) is 0 Å². The molecule has 0 saturated heterocycles. The van der Waals surface area contributed by atoms with Crippen molar-refractivity contribution in [2.45, 2.75) is 58.8 Å². The Morgan fingerprint density at radius 2 is 1.77 bits per heavy atom. The third-order valence-electron chi connectivity index (χ3n) is 2.30. The summed E-state index contributed by atoms with van der Waals surface area (Å²) >= 11 is 0. The van der Waals surface area contributed by atoms with Gasteiger partial charge in [0.15, 0.2) is 0 Å². The highest BCUT2D eigenvalue weighted by atomic mass is 16.3. The first kappa shape index (κ1) is 12.7. The van der Waals surface area contributed by atoms with Crippen LogP contribution in [0.15, 0.2) is 11.6 Å². The zero-order chi connectivity index (χ0) is 9.94. The minimum atomic E-state index is 0.256. The SMILES string of the molecule is CCCCCC=C(CO)CCCC. The monoisotopic (exact) mass is 184 g/mol. The molecule has 0 unspecified atom stereocenters. The first-order valence-corrected chi connectivity index (χ1v) is 5.63. The van der Waals surface area contributed by atoms with Crippen LogP contribution in [0.3, 0.4) is 0 Å². The van der Waals surface area contributed by atoms with Crippen LogP contribution in [0.1, 0.15) is 58.8 Å². The lowest BCUT2D eigenvalue weighted by molar-refractivity contribution is 0.325. The van der Waals surface area contributed by atoms with Gasteiger partial charge in [-0.3, -0.25) is 0 Å². The van der Waals surface area contributed by atoms with Crippen molar-refractivity contribution < 1.29 is 5.11 Å². The molecule has 0 rings (SSSR count). The van der Waals surface area contributed by atoms with Gasteiger partial charge in [0.2, 0.25) is 0 Å². The quantitative estimate of drug-likeness (QED) is 0.451. The fourth-order valence-electron chi connectivity index (χ4n) is 1.35. The summed E-state index contributed by atoms with van der Waals surface area (Å²) in [6, 6.07) is 0. The number of hydrogen-bond acceptors (Lipinski definition) is 1. The molecule has 0 atom stereocenters. The number of allylic oxidation sites excluding steroid dienone is 1. The largest absolute Gasteiger partial charge is 0.392 e. The Balaban J connectivity index is 3.52. The van der Waals surface area contributed by atoms with E-state index >= 15 is 0 Å². The molecule has 0 heterocycles. The summed E-state index contributed by atoms with van der Waals surface area (Å²) in [4.78, 5) is 0. The van der Waals surface area contributed by atoms with Crippen LogP contribution in [0.25, 0.3) is 0 Å². The molecule has 0 aromatic heterocycles. The zero-order valence-electron chi connectivity index (χ0n) is 9.18. The first-order chi connectivity index (χ1) is 6.35. The lowest BCUT2D eigenvalue weighted by atomic mass is 10.1. The van der Waals surface area contributed by atoms with Crippen LogP contribution < -0.4 is 0 Å². The van der Waals surface area contributed by atoms with E-state index in [2.05, 4.69) is 19.9 Å². The Bertz CT molecular complexity index is 127. The highest BCUT2D eigenvalue weighted by Crippen LogP contribution is 2.09. The summed E-state index contributed by atoms with van der Waals surface area (Å²) < 4.78 is 0. The molecule has 1 nitrogen and oxygen atoms in total. The Morgan fingerprint density at radius 1 is 1.08 bits per heavy atom. The van der Waals surface area contributed by atoms with E-state index in [9.17, 15) is 0 Å². The molecule has 1 heteroatoms. The lowest BCUT2D eigenvalue weighted by Crippen LogP contribution is -1.90. The van der Waals surface area contributed by atoms with Gasteiger partial charge in [-0.25, -0.2) is 0 Å². The molecule has 13 heavy (non-hydrogen) atoms. The third-order valence-corrected chi connectivity index (χ3v) is 2.30. The van der Waals surface area contributed by atoms with Crippen molar-refractivity contribution >= 4 is 0 Å². The van der Waals surface area contributed by atoms with E-state index in [-0.39, 0.29) is 6.61 Å². The average Bonchev–Trinajstić information content (AvgIpc) is 2.17. The summed E-state index contributed by atoms with van der Waals surface area (Å²) in [6.45, 7) is 4.66. The van der Waals surface area contributed by atoms with Gasteiger partial charge in [-0.05, 0) is 31.3 Å². The second-order valence-corrected chi connectivity index (χ2v) is 3.62. The van der Waals surface area contributed by atoms with E-state index in [0.29, 0.717) is 0 Å². The smallest absolute Gasteiger partial charge is 0.0641 e. The summed E-state index contributed by atoms with van der Waals surface area (Å²) in [5.74, 6) is 0. The molecule has 0 aromatic rings. The minimum absolute atomic E-state index is 0.256. The predicted molar refractivity (Wildman–Crippen MR) is 58.8 cm³/mol. The fraction of sp³-hybridized carbons (Fsp3) is 0.833. The molecule has 78 valence electrons. The summed E-state index contributed by atoms with van der Waals surface area (Å²) in [7, 11) is 0. The molecular formula is C12H24O. The molecule has 0 fully saturated rings. The Labute approximate surface area is 82.9 Å². The molecule has 0 amide bonds. The van der Waals surface area contributed by atoms with Crippen LogP contribution in [0.4, 0.5) is 0 Å². The topological polar surface area (TPSA) is 20.2 Å². The molecule has 0 aliphatic carbocycles. The Hall–Kier alpha value is -0.300. The number of rotatable bonds is 8. The fourth-order valence-corrected chi connectivity index (χ4v) is 1.35. The van der Waals surface area contributed by atoms with E-state index in [0.717, 1.165) is 12.8 Å². The van der Waals surface area contributed by atoms with Crippen molar-refractivity contribution in [1.29, 1.82) is 0 Å². The van der Waals surface area contributed by atoms with Gasteiger partial charge in [0, 0.05) is 0 Å². The summed E-state index contributed by atoms with van der Waals surface area (Å²) in [5, 5.41) is 9.04. The van der Waals surface area contributed by atoms with E-state index in [1.165, 1.54) is 37.7 Å². The normalized spacial score (nSPS) is 12.1. The molecular weight excluding hydrogens is 160 g/mol. The van der Waals surface area contributed by atoms with Crippen molar-refractivity contribution in [2.24, 2.45) is 0 Å². The maximum atomic E-state index is 9.04. The van der Waals surface area contributed by atoms with Crippen LogP contribution in [-0.2, 0) is 0 Å². The molecule has 0 aliphatic heterocycles. The van der Waals surface area contributed by atoms with E-state index < -0.39 is 0 Å². The summed E-state index contributed by atoms with van der Waals surface area (Å²) in [6.07, 6.45) is 10.7. The lowest BCUT2D eigenvalue weighted by Gasteiger charge is -2.02.